The van der Waals surface area contributed by atoms with Gasteiger partial charge in [0.25, 0.3) is 0 Å². The van der Waals surface area contributed by atoms with Crippen LogP contribution in [0.5, 0.6) is 11.5 Å². The predicted molar refractivity (Wildman–Crippen MR) is 142 cm³/mol. The second-order valence-electron chi connectivity index (χ2n) is 8.19. The fourth-order valence-corrected chi connectivity index (χ4v) is 3.49. The highest BCUT2D eigenvalue weighted by molar-refractivity contribution is 5.91. The van der Waals surface area contributed by atoms with E-state index in [1.165, 1.54) is 42.5 Å². The molecule has 1 atom stereocenters. The Morgan fingerprint density at radius 3 is 2.44 bits per heavy atom. The van der Waals surface area contributed by atoms with E-state index in [1.54, 1.807) is 12.1 Å². The number of phenolic OH excluding ortho intramolecular Hbond substituents is 2. The van der Waals surface area contributed by atoms with Gasteiger partial charge in [0.2, 0.25) is 11.8 Å². The maximum absolute atomic E-state index is 13.3. The molecule has 0 spiro atoms. The topological polar surface area (TPSA) is 114 Å². The molecule has 0 unspecified atom stereocenters. The Kier molecular flexibility index (Phi) is 7.44. The Bertz CT molecular complexity index is 1310. The van der Waals surface area contributed by atoms with Crippen LogP contribution in [0, 0.1) is 0 Å². The van der Waals surface area contributed by atoms with E-state index in [4.69, 9.17) is 11.0 Å². The van der Waals surface area contributed by atoms with E-state index in [0.717, 1.165) is 6.08 Å². The molecule has 0 bridgehead atoms. The molecular weight excluding hydrogens is 456 g/mol. The van der Waals surface area contributed by atoms with Crippen molar-refractivity contribution < 1.29 is 30.8 Å². The minimum absolute atomic E-state index is 0.00295. The zero-order valence-corrected chi connectivity index (χ0v) is 20.0. The minimum atomic E-state index is -3.56. The fraction of sp³-hybridized carbons (Fsp3) is 0.429. The molecule has 2 amide bonds. The van der Waals surface area contributed by atoms with Crippen LogP contribution in [-0.4, -0.2) is 66.1 Å². The van der Waals surface area contributed by atoms with Crippen LogP contribution in [0.4, 0.5) is 0 Å². The summed E-state index contributed by atoms with van der Waals surface area (Å²) >= 11 is 0. The molecule has 1 aliphatic heterocycles. The zero-order valence-electron chi connectivity index (χ0n) is 28.0. The van der Waals surface area contributed by atoms with Crippen LogP contribution in [0.15, 0.2) is 54.6 Å². The van der Waals surface area contributed by atoms with Gasteiger partial charge in [-0.05, 0) is 86.6 Å². The van der Waals surface area contributed by atoms with Crippen LogP contribution in [0.25, 0.3) is 6.08 Å². The molecule has 3 rings (SSSR count). The van der Waals surface area contributed by atoms with Crippen LogP contribution in [0.1, 0.15) is 60.1 Å². The second kappa shape index (κ2) is 14.9. The molecule has 1 heterocycles. The quantitative estimate of drug-likeness (QED) is 0.413. The Morgan fingerprint density at radius 2 is 1.69 bits per heavy atom. The standard InChI is InChI=1S/C28H38N4O4/c33-24-10-5-22(6-11-24)7-14-28(36)32-19-2-1-15-29-16-3-17-30-26(21-27(35)31-18-4-20-32)23-8-12-25(34)13-9-23/h5-14,26,29-30,33-34H,1-4,15-21H2,(H,31,35)/b14-7+/t26-/m0/s1/i1D2,2D2,15D2,19D2. The summed E-state index contributed by atoms with van der Waals surface area (Å²) < 4.78 is 68.0. The summed E-state index contributed by atoms with van der Waals surface area (Å²) in [5.74, 6) is -1.31. The summed E-state index contributed by atoms with van der Waals surface area (Å²) in [6.45, 7) is -6.69. The van der Waals surface area contributed by atoms with Gasteiger partial charge in [-0.25, -0.2) is 0 Å². The first-order valence-corrected chi connectivity index (χ1v) is 11.8. The third-order valence-electron chi connectivity index (χ3n) is 5.42. The smallest absolute Gasteiger partial charge is 0.246 e. The van der Waals surface area contributed by atoms with Gasteiger partial charge in [-0.1, -0.05) is 24.3 Å². The molecule has 194 valence electrons. The van der Waals surface area contributed by atoms with E-state index >= 15 is 0 Å². The van der Waals surface area contributed by atoms with E-state index in [0.29, 0.717) is 16.0 Å². The highest BCUT2D eigenvalue weighted by Crippen LogP contribution is 2.20. The number of amides is 2. The van der Waals surface area contributed by atoms with Crippen LogP contribution in [0.2, 0.25) is 0 Å². The average Bonchev–Trinajstić information content (AvgIpc) is 2.95. The molecule has 1 fully saturated rings. The summed E-state index contributed by atoms with van der Waals surface area (Å²) in [4.78, 5) is 26.7. The number of nitrogens with zero attached hydrogens (tertiary/aromatic N) is 1. The Hall–Kier alpha value is -3.36. The van der Waals surface area contributed by atoms with Crippen molar-refractivity contribution in [3.63, 3.8) is 0 Å². The normalized spacial score (nSPS) is 28.4. The number of rotatable bonds is 3. The molecule has 2 aromatic rings. The van der Waals surface area contributed by atoms with Crippen LogP contribution >= 0.6 is 0 Å². The lowest BCUT2D eigenvalue weighted by Gasteiger charge is -2.22. The maximum atomic E-state index is 13.3. The van der Waals surface area contributed by atoms with Crippen molar-refractivity contribution in [1.82, 2.24) is 20.9 Å². The number of phenols is 2. The van der Waals surface area contributed by atoms with Crippen molar-refractivity contribution in [3.8, 4) is 11.5 Å². The van der Waals surface area contributed by atoms with Crippen LogP contribution in [-0.2, 0) is 9.59 Å². The van der Waals surface area contributed by atoms with Gasteiger partial charge in [0.15, 0.2) is 0 Å². The first-order chi connectivity index (χ1) is 20.5. The Morgan fingerprint density at radius 1 is 0.972 bits per heavy atom. The molecule has 0 saturated carbocycles. The lowest BCUT2D eigenvalue weighted by molar-refractivity contribution is -0.126. The van der Waals surface area contributed by atoms with Gasteiger partial charge >= 0.3 is 0 Å². The molecular formula is C28H38N4O4. The number of hydrogen-bond acceptors (Lipinski definition) is 6. The number of carbonyl (C=O) groups excluding carboxylic acids is 2. The number of nitrogens with one attached hydrogen (secondary N) is 3. The number of hydrogen-bond donors (Lipinski definition) is 5. The molecule has 0 aromatic heterocycles. The Labute approximate surface area is 224 Å². The Balaban J connectivity index is 1.93. The lowest BCUT2D eigenvalue weighted by Crippen LogP contribution is -2.35. The summed E-state index contributed by atoms with van der Waals surface area (Å²) in [5, 5.41) is 27.4. The lowest BCUT2D eigenvalue weighted by atomic mass is 10.0. The number of carbonyl (C=O) groups is 2. The summed E-state index contributed by atoms with van der Waals surface area (Å²) in [6.07, 6.45) is -4.49. The molecule has 0 radical (unpaired) electrons. The number of aromatic hydroxyl groups is 2. The van der Waals surface area contributed by atoms with Crippen molar-refractivity contribution in [1.29, 1.82) is 0 Å². The molecule has 5 N–H and O–H groups in total. The predicted octanol–water partition coefficient (Wildman–Crippen LogP) is 2.94. The van der Waals surface area contributed by atoms with E-state index in [-0.39, 0.29) is 56.3 Å². The summed E-state index contributed by atoms with van der Waals surface area (Å²) in [6, 6.07) is 11.6. The van der Waals surface area contributed by atoms with Crippen molar-refractivity contribution in [3.05, 3.63) is 65.7 Å². The van der Waals surface area contributed by atoms with Gasteiger partial charge in [0.1, 0.15) is 11.5 Å². The van der Waals surface area contributed by atoms with Gasteiger partial charge in [-0.2, -0.15) is 0 Å². The minimum Gasteiger partial charge on any atom is -0.508 e. The van der Waals surface area contributed by atoms with Gasteiger partial charge in [0, 0.05) is 49.1 Å². The van der Waals surface area contributed by atoms with Gasteiger partial charge in [-0.3, -0.25) is 9.59 Å². The highest BCUT2D eigenvalue weighted by Gasteiger charge is 2.16. The fourth-order valence-electron chi connectivity index (χ4n) is 3.49. The zero-order chi connectivity index (χ0) is 32.8. The second-order valence-corrected chi connectivity index (χ2v) is 8.19. The van der Waals surface area contributed by atoms with Gasteiger partial charge in [-0.15, -0.1) is 0 Å². The SMILES string of the molecule is [2H]C1([2H])NCCCN[C@H](c2ccc(O)cc2)CC(=O)NCCCN(C(=O)/C=C/c2ccc(O)cc2)C([2H])([2H])C([2H])([2H])C1([2H])[2H]. The summed E-state index contributed by atoms with van der Waals surface area (Å²) in [5.41, 5.74) is 1.19. The third kappa shape index (κ3) is 9.71. The number of benzene rings is 2. The average molecular weight is 503 g/mol. The molecule has 2 aromatic carbocycles. The van der Waals surface area contributed by atoms with E-state index in [9.17, 15) is 19.8 Å². The highest BCUT2D eigenvalue weighted by atomic mass is 16.3. The maximum Gasteiger partial charge on any atom is 0.246 e. The van der Waals surface area contributed by atoms with Crippen molar-refractivity contribution in [2.45, 2.75) is 38.1 Å². The molecule has 36 heavy (non-hydrogen) atoms. The van der Waals surface area contributed by atoms with Crippen molar-refractivity contribution in [2.75, 3.05) is 39.2 Å². The molecule has 8 nitrogen and oxygen atoms in total. The van der Waals surface area contributed by atoms with Crippen molar-refractivity contribution >= 4 is 17.9 Å². The monoisotopic (exact) mass is 502 g/mol. The molecule has 1 aliphatic rings. The van der Waals surface area contributed by atoms with Crippen LogP contribution < -0.4 is 16.0 Å². The van der Waals surface area contributed by atoms with E-state index in [2.05, 4.69) is 16.0 Å². The molecule has 1 saturated heterocycles. The first-order valence-electron chi connectivity index (χ1n) is 15.8. The van der Waals surface area contributed by atoms with Gasteiger partial charge in [0.05, 0.1) is 0 Å². The summed E-state index contributed by atoms with van der Waals surface area (Å²) in [7, 11) is 0. The van der Waals surface area contributed by atoms with E-state index in [1.807, 2.05) is 0 Å². The van der Waals surface area contributed by atoms with Crippen molar-refractivity contribution in [2.24, 2.45) is 0 Å². The molecule has 0 aliphatic carbocycles. The van der Waals surface area contributed by atoms with E-state index < -0.39 is 44.2 Å². The molecule has 8 heteroatoms. The largest absolute Gasteiger partial charge is 0.508 e. The first kappa shape index (κ1) is 18.0. The third-order valence-corrected chi connectivity index (χ3v) is 5.42. The van der Waals surface area contributed by atoms with Crippen LogP contribution in [0.3, 0.4) is 0 Å². The van der Waals surface area contributed by atoms with Gasteiger partial charge < -0.3 is 31.1 Å².